The quantitative estimate of drug-likeness (QED) is 0.624. The molecule has 0 radical (unpaired) electrons. The van der Waals surface area contributed by atoms with Crippen LogP contribution in [0, 0.1) is 12.8 Å². The zero-order chi connectivity index (χ0) is 19.0. The summed E-state index contributed by atoms with van der Waals surface area (Å²) in [4.78, 5) is 12.9. The molecule has 0 amide bonds. The van der Waals surface area contributed by atoms with Crippen LogP contribution in [0.5, 0.6) is 5.75 Å². The molecule has 0 spiro atoms. The van der Waals surface area contributed by atoms with Crippen molar-refractivity contribution in [1.29, 1.82) is 0 Å². The normalized spacial score (nSPS) is 18.6. The highest BCUT2D eigenvalue weighted by Gasteiger charge is 2.35. The molecule has 0 bridgehead atoms. The van der Waals surface area contributed by atoms with Crippen molar-refractivity contribution in [3.63, 3.8) is 0 Å². The lowest BCUT2D eigenvalue weighted by molar-refractivity contribution is -0.125. The molecule has 1 aliphatic carbocycles. The van der Waals surface area contributed by atoms with Gasteiger partial charge in [-0.1, -0.05) is 36.8 Å². The Morgan fingerprint density at radius 3 is 2.52 bits per heavy atom. The van der Waals surface area contributed by atoms with E-state index in [-0.39, 0.29) is 11.8 Å². The highest BCUT2D eigenvalue weighted by Crippen LogP contribution is 2.43. The van der Waals surface area contributed by atoms with Gasteiger partial charge in [0, 0.05) is 41.9 Å². The molecule has 3 heteroatoms. The van der Waals surface area contributed by atoms with Crippen molar-refractivity contribution in [3.05, 3.63) is 65.4 Å². The molecule has 1 saturated carbocycles. The van der Waals surface area contributed by atoms with Crippen LogP contribution in [0.1, 0.15) is 48.4 Å². The fraction of sp³-hybridized carbons (Fsp3) is 0.375. The van der Waals surface area contributed by atoms with Gasteiger partial charge in [-0.15, -0.1) is 0 Å². The third-order valence-electron chi connectivity index (χ3n) is 6.24. The molecule has 0 aliphatic heterocycles. The largest absolute Gasteiger partial charge is 0.497 e. The summed E-state index contributed by atoms with van der Waals surface area (Å²) in [6.45, 7) is 2.18. The average molecular weight is 361 g/mol. The van der Waals surface area contributed by atoms with Crippen LogP contribution in [0.2, 0.25) is 0 Å². The first-order valence-electron chi connectivity index (χ1n) is 9.82. The molecule has 0 saturated heterocycles. The van der Waals surface area contributed by atoms with Crippen LogP contribution in [0.4, 0.5) is 0 Å². The highest BCUT2D eigenvalue weighted by molar-refractivity contribution is 5.89. The Kier molecular flexibility index (Phi) is 4.77. The second-order valence-corrected chi connectivity index (χ2v) is 7.64. The first-order valence-corrected chi connectivity index (χ1v) is 9.82. The fourth-order valence-corrected chi connectivity index (χ4v) is 4.72. The van der Waals surface area contributed by atoms with Crippen LogP contribution < -0.4 is 4.74 Å². The van der Waals surface area contributed by atoms with Gasteiger partial charge in [0.25, 0.3) is 0 Å². The minimum atomic E-state index is 0.0525. The van der Waals surface area contributed by atoms with E-state index in [1.165, 1.54) is 27.7 Å². The molecule has 0 N–H and O–H groups in total. The molecule has 2 aromatic carbocycles. The number of hydrogen-bond donors (Lipinski definition) is 0. The molecule has 1 aromatic heterocycles. The van der Waals surface area contributed by atoms with Gasteiger partial charge in [0.05, 0.1) is 7.11 Å². The Hall–Kier alpha value is -2.55. The molecule has 4 rings (SSSR count). The maximum Gasteiger partial charge on any atom is 0.136 e. The van der Waals surface area contributed by atoms with E-state index >= 15 is 0 Å². The number of ketones is 1. The number of para-hydroxylation sites is 1. The topological polar surface area (TPSA) is 31.2 Å². The molecule has 1 fully saturated rings. The molecule has 140 valence electrons. The van der Waals surface area contributed by atoms with Gasteiger partial charge < -0.3 is 9.30 Å². The second kappa shape index (κ2) is 7.22. The lowest BCUT2D eigenvalue weighted by atomic mass is 9.72. The van der Waals surface area contributed by atoms with Crippen molar-refractivity contribution in [2.24, 2.45) is 13.0 Å². The number of hydrogen-bond acceptors (Lipinski definition) is 2. The van der Waals surface area contributed by atoms with Gasteiger partial charge >= 0.3 is 0 Å². The predicted molar refractivity (Wildman–Crippen MR) is 109 cm³/mol. The number of aromatic nitrogens is 1. The summed E-state index contributed by atoms with van der Waals surface area (Å²) < 4.78 is 7.61. The number of carbonyl (C=O) groups excluding carboxylic acids is 1. The molecule has 1 heterocycles. The molecule has 2 unspecified atom stereocenters. The summed E-state index contributed by atoms with van der Waals surface area (Å²) >= 11 is 0. The van der Waals surface area contributed by atoms with Gasteiger partial charge in [-0.05, 0) is 49.1 Å². The number of nitrogens with zero attached hydrogens (tertiary/aromatic N) is 1. The van der Waals surface area contributed by atoms with Gasteiger partial charge in [0.15, 0.2) is 0 Å². The Labute approximate surface area is 161 Å². The standard InChI is InChI=1S/C24H27NO2/c1-16-23(19-8-4-6-10-21(19)25(16)2)24(20-9-5-7-11-22(20)26)17-12-14-18(27-3)15-13-17/h4,6,8,10,12-15,20,24H,5,7,9,11H2,1-3H3. The van der Waals surface area contributed by atoms with Gasteiger partial charge in [-0.2, -0.15) is 0 Å². The predicted octanol–water partition coefficient (Wildman–Crippen LogP) is 5.39. The smallest absolute Gasteiger partial charge is 0.136 e. The van der Waals surface area contributed by atoms with E-state index < -0.39 is 0 Å². The summed E-state index contributed by atoms with van der Waals surface area (Å²) in [7, 11) is 3.81. The number of rotatable bonds is 4. The first-order chi connectivity index (χ1) is 13.1. The van der Waals surface area contributed by atoms with Crippen molar-refractivity contribution in [2.45, 2.75) is 38.5 Å². The molecular weight excluding hydrogens is 334 g/mol. The number of Topliss-reactive ketones (excluding diaryl/α,β-unsaturated/α-hetero) is 1. The summed E-state index contributed by atoms with van der Waals surface area (Å²) in [5.74, 6) is 1.41. The van der Waals surface area contributed by atoms with Crippen LogP contribution in [0.25, 0.3) is 10.9 Å². The highest BCUT2D eigenvalue weighted by atomic mass is 16.5. The van der Waals surface area contributed by atoms with E-state index in [2.05, 4.69) is 54.9 Å². The third-order valence-corrected chi connectivity index (χ3v) is 6.24. The van der Waals surface area contributed by atoms with Crippen molar-refractivity contribution < 1.29 is 9.53 Å². The molecule has 3 aromatic rings. The molecular formula is C24H27NO2. The van der Waals surface area contributed by atoms with Crippen LogP contribution >= 0.6 is 0 Å². The SMILES string of the molecule is COc1ccc(C(c2c(C)n(C)c3ccccc23)C2CCCCC2=O)cc1. The number of ether oxygens (including phenoxy) is 1. The zero-order valence-corrected chi connectivity index (χ0v) is 16.4. The van der Waals surface area contributed by atoms with Gasteiger partial charge in [-0.3, -0.25) is 4.79 Å². The van der Waals surface area contributed by atoms with Crippen LogP contribution in [-0.2, 0) is 11.8 Å². The van der Waals surface area contributed by atoms with E-state index in [1.54, 1.807) is 7.11 Å². The molecule has 1 aliphatic rings. The van der Waals surface area contributed by atoms with E-state index in [9.17, 15) is 4.79 Å². The van der Waals surface area contributed by atoms with Crippen molar-refractivity contribution >= 4 is 16.7 Å². The third kappa shape index (κ3) is 3.05. The fourth-order valence-electron chi connectivity index (χ4n) is 4.72. The molecule has 3 nitrogen and oxygen atoms in total. The summed E-state index contributed by atoms with van der Waals surface area (Å²) in [5, 5.41) is 1.26. The van der Waals surface area contributed by atoms with Crippen LogP contribution in [-0.4, -0.2) is 17.5 Å². The first kappa shape index (κ1) is 17.8. The Morgan fingerprint density at radius 2 is 1.81 bits per heavy atom. The van der Waals surface area contributed by atoms with Gasteiger partial charge in [0.1, 0.15) is 11.5 Å². The van der Waals surface area contributed by atoms with E-state index in [1.807, 2.05) is 12.1 Å². The lowest BCUT2D eigenvalue weighted by Gasteiger charge is -2.30. The van der Waals surface area contributed by atoms with E-state index in [0.717, 1.165) is 25.0 Å². The molecule has 27 heavy (non-hydrogen) atoms. The summed E-state index contributed by atoms with van der Waals surface area (Å²) in [6.07, 6.45) is 3.84. The van der Waals surface area contributed by atoms with E-state index in [4.69, 9.17) is 4.74 Å². The van der Waals surface area contributed by atoms with Crippen LogP contribution in [0.3, 0.4) is 0 Å². The van der Waals surface area contributed by atoms with Crippen LogP contribution in [0.15, 0.2) is 48.5 Å². The number of fused-ring (bicyclic) bond motifs is 1. The second-order valence-electron chi connectivity index (χ2n) is 7.64. The average Bonchev–Trinajstić information content (AvgIpc) is 2.96. The number of benzene rings is 2. The van der Waals surface area contributed by atoms with E-state index in [0.29, 0.717) is 12.2 Å². The minimum absolute atomic E-state index is 0.0525. The maximum atomic E-state index is 12.9. The number of methoxy groups -OCH3 is 1. The Balaban J connectivity index is 1.93. The Bertz CT molecular complexity index is 968. The number of aryl methyl sites for hydroxylation is 1. The summed E-state index contributed by atoms with van der Waals surface area (Å²) in [5.41, 5.74) is 4.98. The van der Waals surface area contributed by atoms with Crippen molar-refractivity contribution in [1.82, 2.24) is 4.57 Å². The zero-order valence-electron chi connectivity index (χ0n) is 16.4. The van der Waals surface area contributed by atoms with Crippen molar-refractivity contribution in [2.75, 3.05) is 7.11 Å². The lowest BCUT2D eigenvalue weighted by Crippen LogP contribution is -2.27. The maximum absolute atomic E-state index is 12.9. The summed E-state index contributed by atoms with van der Waals surface area (Å²) in [6, 6.07) is 16.8. The molecule has 2 atom stereocenters. The van der Waals surface area contributed by atoms with Gasteiger partial charge in [-0.25, -0.2) is 0 Å². The monoisotopic (exact) mass is 361 g/mol. The van der Waals surface area contributed by atoms with Gasteiger partial charge in [0.2, 0.25) is 0 Å². The number of carbonyl (C=O) groups is 1. The Morgan fingerprint density at radius 1 is 1.07 bits per heavy atom. The minimum Gasteiger partial charge on any atom is -0.497 e. The van der Waals surface area contributed by atoms with Crippen molar-refractivity contribution in [3.8, 4) is 5.75 Å².